The number of carbonyl (C=O) groups is 1. The smallest absolute Gasteiger partial charge is 0.294 e. The van der Waals surface area contributed by atoms with E-state index in [1.54, 1.807) is 21.7 Å². The number of amides is 1. The highest BCUT2D eigenvalue weighted by molar-refractivity contribution is 5.85. The normalized spacial score (nSPS) is 13.6. The van der Waals surface area contributed by atoms with Crippen molar-refractivity contribution in [1.82, 2.24) is 19.9 Å². The third-order valence-corrected chi connectivity index (χ3v) is 6.69. The Morgan fingerprint density at radius 2 is 1.74 bits per heavy atom. The van der Waals surface area contributed by atoms with Crippen LogP contribution in [0, 0.1) is 6.92 Å². The molecule has 3 heterocycles. The molecule has 0 saturated heterocycles. The number of aromatic nitrogens is 3. The number of nitrogens with zero attached hydrogens (tertiary/aromatic N) is 4. The number of hydrogen-bond donors (Lipinski definition) is 2. The second kappa shape index (κ2) is 12.1. The number of hydrogen-bond acceptors (Lipinski definition) is 6. The number of pyridine rings is 1. The molecule has 3 N–H and O–H groups in total. The van der Waals surface area contributed by atoms with Gasteiger partial charge < -0.3 is 16.0 Å². The highest BCUT2D eigenvalue weighted by Gasteiger charge is 2.31. The van der Waals surface area contributed by atoms with Crippen molar-refractivity contribution in [3.05, 3.63) is 100 Å². The molecule has 1 amide bonds. The van der Waals surface area contributed by atoms with Crippen molar-refractivity contribution < 1.29 is 4.79 Å². The summed E-state index contributed by atoms with van der Waals surface area (Å²) in [5.74, 6) is 0.529. The average Bonchev–Trinajstić information content (AvgIpc) is 3.34. The molecule has 4 aromatic rings. The first-order valence-corrected chi connectivity index (χ1v) is 11.9. The van der Waals surface area contributed by atoms with Crippen LogP contribution in [-0.4, -0.2) is 27.5 Å². The molecule has 8 nitrogen and oxygen atoms in total. The van der Waals surface area contributed by atoms with E-state index in [4.69, 9.17) is 5.73 Å². The second-order valence-electron chi connectivity index (χ2n) is 8.97. The van der Waals surface area contributed by atoms with E-state index in [0.29, 0.717) is 25.2 Å². The Balaban J connectivity index is 0.00000200. The van der Waals surface area contributed by atoms with Gasteiger partial charge in [-0.25, -0.2) is 9.97 Å². The lowest BCUT2D eigenvalue weighted by molar-refractivity contribution is -0.124. The fraction of sp³-hybridized carbons (Fsp3) is 0.214. The number of halogens is 2. The summed E-state index contributed by atoms with van der Waals surface area (Å²) in [6.45, 7) is 2.18. The molecule has 38 heavy (non-hydrogen) atoms. The minimum absolute atomic E-state index is 0. The molecular weight excluding hydrogens is 523 g/mol. The zero-order valence-electron chi connectivity index (χ0n) is 21.1. The molecule has 5 rings (SSSR count). The van der Waals surface area contributed by atoms with Crippen LogP contribution in [0.2, 0.25) is 0 Å². The Morgan fingerprint density at radius 1 is 1.05 bits per heavy atom. The topological polar surface area (TPSA) is 106 Å². The number of carbonyl (C=O) groups excluding carboxylic acids is 1. The van der Waals surface area contributed by atoms with E-state index in [1.807, 2.05) is 62.5 Å². The fourth-order valence-electron chi connectivity index (χ4n) is 4.64. The van der Waals surface area contributed by atoms with Crippen LogP contribution in [0.25, 0.3) is 11.1 Å². The van der Waals surface area contributed by atoms with Gasteiger partial charge in [0.2, 0.25) is 5.91 Å². The zero-order valence-corrected chi connectivity index (χ0v) is 22.8. The average molecular weight is 553 g/mol. The van der Waals surface area contributed by atoms with E-state index >= 15 is 0 Å². The van der Waals surface area contributed by atoms with Gasteiger partial charge in [-0.3, -0.25) is 14.2 Å². The first-order valence-electron chi connectivity index (χ1n) is 11.9. The SMILES string of the molecule is Cc1nc(N)ccc1CNC(=O)[C@@H]1CCc2cnc(N(C)c3ccc(-c4ccccc4)cc3)c(=O)n21.Cl.Cl. The van der Waals surface area contributed by atoms with E-state index in [0.717, 1.165) is 33.8 Å². The Morgan fingerprint density at radius 3 is 2.42 bits per heavy atom. The van der Waals surface area contributed by atoms with Gasteiger partial charge in [-0.05, 0) is 54.7 Å². The third-order valence-electron chi connectivity index (χ3n) is 6.69. The maximum atomic E-state index is 13.5. The van der Waals surface area contributed by atoms with E-state index in [1.165, 1.54) is 0 Å². The summed E-state index contributed by atoms with van der Waals surface area (Å²) >= 11 is 0. The molecule has 0 fully saturated rings. The number of aryl methyl sites for hydroxylation is 2. The molecule has 0 aliphatic carbocycles. The van der Waals surface area contributed by atoms with Crippen molar-refractivity contribution in [2.75, 3.05) is 17.7 Å². The van der Waals surface area contributed by atoms with Crippen LogP contribution >= 0.6 is 24.8 Å². The quantitative estimate of drug-likeness (QED) is 0.361. The molecule has 1 atom stereocenters. The van der Waals surface area contributed by atoms with E-state index in [-0.39, 0.29) is 42.1 Å². The zero-order chi connectivity index (χ0) is 25.2. The highest BCUT2D eigenvalue weighted by Crippen LogP contribution is 2.28. The van der Waals surface area contributed by atoms with Gasteiger partial charge in [-0.2, -0.15) is 0 Å². The van der Waals surface area contributed by atoms with Gasteiger partial charge in [0.15, 0.2) is 5.82 Å². The molecule has 2 aromatic carbocycles. The first-order chi connectivity index (χ1) is 17.4. The number of nitrogens with two attached hydrogens (primary N) is 1. The number of benzene rings is 2. The van der Waals surface area contributed by atoms with E-state index < -0.39 is 6.04 Å². The molecule has 0 unspecified atom stereocenters. The van der Waals surface area contributed by atoms with Crippen molar-refractivity contribution >= 4 is 48.0 Å². The minimum Gasteiger partial charge on any atom is -0.384 e. The lowest BCUT2D eigenvalue weighted by Crippen LogP contribution is -2.37. The van der Waals surface area contributed by atoms with Gasteiger partial charge in [0.25, 0.3) is 5.56 Å². The van der Waals surface area contributed by atoms with Crippen molar-refractivity contribution in [3.8, 4) is 11.1 Å². The summed E-state index contributed by atoms with van der Waals surface area (Å²) in [6, 6.07) is 21.1. The maximum Gasteiger partial charge on any atom is 0.294 e. The molecule has 198 valence electrons. The number of nitrogen functional groups attached to an aromatic ring is 1. The van der Waals surface area contributed by atoms with Gasteiger partial charge in [0, 0.05) is 36.9 Å². The largest absolute Gasteiger partial charge is 0.384 e. The van der Waals surface area contributed by atoms with E-state index in [9.17, 15) is 9.59 Å². The predicted molar refractivity (Wildman–Crippen MR) is 156 cm³/mol. The summed E-state index contributed by atoms with van der Waals surface area (Å²) in [5, 5.41) is 2.96. The van der Waals surface area contributed by atoms with Crippen LogP contribution in [0.4, 0.5) is 17.3 Å². The maximum absolute atomic E-state index is 13.5. The molecule has 10 heteroatoms. The van der Waals surface area contributed by atoms with E-state index in [2.05, 4.69) is 27.4 Å². The van der Waals surface area contributed by atoms with Crippen LogP contribution in [0.5, 0.6) is 0 Å². The van der Waals surface area contributed by atoms with Gasteiger partial charge in [0.05, 0.1) is 0 Å². The lowest BCUT2D eigenvalue weighted by Gasteiger charge is -2.21. The van der Waals surface area contributed by atoms with Gasteiger partial charge in [0.1, 0.15) is 11.9 Å². The molecule has 2 aromatic heterocycles. The monoisotopic (exact) mass is 552 g/mol. The summed E-state index contributed by atoms with van der Waals surface area (Å²) in [7, 11) is 1.81. The van der Waals surface area contributed by atoms with Crippen LogP contribution in [0.1, 0.15) is 29.4 Å². The van der Waals surface area contributed by atoms with Crippen molar-refractivity contribution in [3.63, 3.8) is 0 Å². The summed E-state index contributed by atoms with van der Waals surface area (Å²) in [5.41, 5.74) is 10.9. The van der Waals surface area contributed by atoms with Crippen molar-refractivity contribution in [2.45, 2.75) is 32.4 Å². The second-order valence-corrected chi connectivity index (χ2v) is 8.97. The predicted octanol–water partition coefficient (Wildman–Crippen LogP) is 4.61. The molecule has 1 aliphatic rings. The lowest BCUT2D eigenvalue weighted by atomic mass is 10.1. The minimum atomic E-state index is -0.579. The molecule has 1 aliphatic heterocycles. The summed E-state index contributed by atoms with van der Waals surface area (Å²) in [6.07, 6.45) is 2.88. The Bertz CT molecular complexity index is 1480. The molecule has 0 radical (unpaired) electrons. The van der Waals surface area contributed by atoms with Crippen LogP contribution in [0.3, 0.4) is 0 Å². The Labute approximate surface area is 233 Å². The number of nitrogens with one attached hydrogen (secondary N) is 1. The van der Waals surface area contributed by atoms with Gasteiger partial charge in [-0.1, -0.05) is 48.5 Å². The summed E-state index contributed by atoms with van der Waals surface area (Å²) in [4.78, 5) is 37.0. The number of rotatable bonds is 6. The first kappa shape index (κ1) is 28.7. The third kappa shape index (κ3) is 5.66. The van der Waals surface area contributed by atoms with Gasteiger partial charge >= 0.3 is 0 Å². The van der Waals surface area contributed by atoms with Crippen molar-refractivity contribution in [2.24, 2.45) is 0 Å². The number of anilines is 3. The summed E-state index contributed by atoms with van der Waals surface area (Å²) < 4.78 is 1.58. The fourth-order valence-corrected chi connectivity index (χ4v) is 4.64. The molecule has 0 bridgehead atoms. The standard InChI is InChI=1S/C28H28N6O2.2ClH/c1-18-21(10-15-25(29)32-18)16-31-27(35)24-14-13-23-17-30-26(28(36)34(23)24)33(2)22-11-8-20(9-12-22)19-6-4-3-5-7-19;;/h3-12,15,17,24H,13-14,16H2,1-2H3,(H2,29,32)(H,31,35);2*1H/t24-;;/m0../s1. The van der Waals surface area contributed by atoms with Crippen molar-refractivity contribution in [1.29, 1.82) is 0 Å². The molecule has 0 saturated carbocycles. The Hall–Kier alpha value is -3.88. The number of fused-ring (bicyclic) bond motifs is 1. The van der Waals surface area contributed by atoms with Crippen LogP contribution < -0.4 is 21.5 Å². The Kier molecular flexibility index (Phi) is 9.14. The molecule has 0 spiro atoms. The van der Waals surface area contributed by atoms with Crippen LogP contribution in [0.15, 0.2) is 77.7 Å². The van der Waals surface area contributed by atoms with Gasteiger partial charge in [-0.15, -0.1) is 24.8 Å². The molecular formula is C28H30Cl2N6O2. The highest BCUT2D eigenvalue weighted by atomic mass is 35.5. The van der Waals surface area contributed by atoms with Crippen LogP contribution in [-0.2, 0) is 17.8 Å².